The summed E-state index contributed by atoms with van der Waals surface area (Å²) in [7, 11) is 1.59. The van der Waals surface area contributed by atoms with E-state index in [1.165, 1.54) is 0 Å². The summed E-state index contributed by atoms with van der Waals surface area (Å²) in [6.07, 6.45) is 3.22. The maximum atomic E-state index is 12.9. The van der Waals surface area contributed by atoms with Crippen molar-refractivity contribution >= 4 is 5.91 Å². The van der Waals surface area contributed by atoms with Crippen LogP contribution in [-0.2, 0) is 22.6 Å². The van der Waals surface area contributed by atoms with Crippen LogP contribution in [0.4, 0.5) is 0 Å². The highest BCUT2D eigenvalue weighted by molar-refractivity contribution is 5.79. The normalized spacial score (nSPS) is 17.3. The van der Waals surface area contributed by atoms with Crippen LogP contribution in [0.3, 0.4) is 0 Å². The standard InChI is InChI=1S/C19H25N3O4/c1-3-25-15-9-7-14(8-10-15)12-18(23)22-11-5-4-6-16(22)19-20-17(13-24-2)21-26-19/h7-10,16H,3-6,11-13H2,1-2H3/t16-/m0/s1. The molecule has 1 atom stereocenters. The minimum absolute atomic E-state index is 0.0744. The molecule has 1 saturated heterocycles. The summed E-state index contributed by atoms with van der Waals surface area (Å²) in [6.45, 7) is 3.59. The highest BCUT2D eigenvalue weighted by Crippen LogP contribution is 2.30. The molecule has 3 rings (SSSR count). The number of carbonyl (C=O) groups excluding carboxylic acids is 1. The van der Waals surface area contributed by atoms with Gasteiger partial charge in [-0.15, -0.1) is 0 Å². The predicted molar refractivity (Wildman–Crippen MR) is 94.6 cm³/mol. The molecule has 0 N–H and O–H groups in total. The van der Waals surface area contributed by atoms with Crippen LogP contribution in [0, 0.1) is 0 Å². The summed E-state index contributed by atoms with van der Waals surface area (Å²) in [5.41, 5.74) is 0.966. The van der Waals surface area contributed by atoms with Gasteiger partial charge >= 0.3 is 0 Å². The topological polar surface area (TPSA) is 77.7 Å². The van der Waals surface area contributed by atoms with E-state index in [4.69, 9.17) is 14.0 Å². The highest BCUT2D eigenvalue weighted by Gasteiger charge is 2.32. The molecule has 7 nitrogen and oxygen atoms in total. The fraction of sp³-hybridized carbons (Fsp3) is 0.526. The zero-order chi connectivity index (χ0) is 18.4. The zero-order valence-corrected chi connectivity index (χ0v) is 15.3. The third-order valence-corrected chi connectivity index (χ3v) is 4.46. The number of methoxy groups -OCH3 is 1. The lowest BCUT2D eigenvalue weighted by Crippen LogP contribution is -2.39. The molecule has 0 aliphatic carbocycles. The van der Waals surface area contributed by atoms with Crippen molar-refractivity contribution in [1.82, 2.24) is 15.0 Å². The lowest BCUT2D eigenvalue weighted by atomic mass is 10.0. The van der Waals surface area contributed by atoms with Crippen molar-refractivity contribution in [3.8, 4) is 5.75 Å². The number of hydrogen-bond acceptors (Lipinski definition) is 6. The molecule has 0 radical (unpaired) electrons. The summed E-state index contributed by atoms with van der Waals surface area (Å²) in [6, 6.07) is 7.51. The maximum Gasteiger partial charge on any atom is 0.249 e. The van der Waals surface area contributed by atoms with Gasteiger partial charge in [-0.2, -0.15) is 4.98 Å². The first-order valence-corrected chi connectivity index (χ1v) is 9.04. The van der Waals surface area contributed by atoms with Crippen molar-refractivity contribution in [2.45, 2.75) is 45.3 Å². The van der Waals surface area contributed by atoms with Crippen molar-refractivity contribution in [3.05, 3.63) is 41.5 Å². The molecular weight excluding hydrogens is 334 g/mol. The van der Waals surface area contributed by atoms with Crippen LogP contribution < -0.4 is 4.74 Å². The molecule has 1 aromatic carbocycles. The second-order valence-electron chi connectivity index (χ2n) is 6.33. The van der Waals surface area contributed by atoms with Gasteiger partial charge in [-0.1, -0.05) is 17.3 Å². The average Bonchev–Trinajstić information content (AvgIpc) is 3.12. The van der Waals surface area contributed by atoms with Gasteiger partial charge in [-0.25, -0.2) is 0 Å². The third-order valence-electron chi connectivity index (χ3n) is 4.46. The fourth-order valence-corrected chi connectivity index (χ4v) is 3.22. The van der Waals surface area contributed by atoms with Crippen LogP contribution in [0.15, 0.2) is 28.8 Å². The van der Waals surface area contributed by atoms with Gasteiger partial charge < -0.3 is 18.9 Å². The molecule has 2 aromatic rings. The molecular formula is C19H25N3O4. The number of amides is 1. The summed E-state index contributed by atoms with van der Waals surface area (Å²) >= 11 is 0. The quantitative estimate of drug-likeness (QED) is 0.756. The van der Waals surface area contributed by atoms with E-state index >= 15 is 0 Å². The molecule has 0 spiro atoms. The maximum absolute atomic E-state index is 12.9. The van der Waals surface area contributed by atoms with Gasteiger partial charge in [-0.05, 0) is 43.9 Å². The van der Waals surface area contributed by atoms with Gasteiger partial charge in [0.2, 0.25) is 11.8 Å². The number of hydrogen-bond donors (Lipinski definition) is 0. The molecule has 0 bridgehead atoms. The first kappa shape index (κ1) is 18.4. The van der Waals surface area contributed by atoms with Crippen molar-refractivity contribution in [2.75, 3.05) is 20.3 Å². The molecule has 7 heteroatoms. The second-order valence-corrected chi connectivity index (χ2v) is 6.33. The lowest BCUT2D eigenvalue weighted by Gasteiger charge is -2.33. The third kappa shape index (κ3) is 4.40. The smallest absolute Gasteiger partial charge is 0.249 e. The number of carbonyl (C=O) groups is 1. The molecule has 2 heterocycles. The molecule has 1 fully saturated rings. The number of piperidine rings is 1. The summed E-state index contributed by atoms with van der Waals surface area (Å²) in [4.78, 5) is 19.1. The van der Waals surface area contributed by atoms with Gasteiger partial charge in [-0.3, -0.25) is 4.79 Å². The Bertz CT molecular complexity index is 714. The monoisotopic (exact) mass is 359 g/mol. The molecule has 1 aromatic heterocycles. The van der Waals surface area contributed by atoms with E-state index in [1.54, 1.807) is 7.11 Å². The van der Waals surface area contributed by atoms with Crippen LogP contribution in [0.1, 0.15) is 49.5 Å². The summed E-state index contributed by atoms with van der Waals surface area (Å²) in [5, 5.41) is 3.92. The number of benzene rings is 1. The molecule has 0 unspecified atom stereocenters. The first-order chi connectivity index (χ1) is 12.7. The van der Waals surface area contributed by atoms with E-state index in [9.17, 15) is 4.79 Å². The lowest BCUT2D eigenvalue weighted by molar-refractivity contribution is -0.135. The van der Waals surface area contributed by atoms with Crippen molar-refractivity contribution in [3.63, 3.8) is 0 Å². The van der Waals surface area contributed by atoms with Gasteiger partial charge in [0.1, 0.15) is 18.4 Å². The van der Waals surface area contributed by atoms with Crippen LogP contribution in [-0.4, -0.2) is 41.2 Å². The molecule has 0 saturated carbocycles. The van der Waals surface area contributed by atoms with Crippen LogP contribution in [0.25, 0.3) is 0 Å². The molecule has 140 valence electrons. The Kier molecular flexibility index (Phi) is 6.22. The Morgan fingerprint density at radius 1 is 1.31 bits per heavy atom. The average molecular weight is 359 g/mol. The summed E-state index contributed by atoms with van der Waals surface area (Å²) < 4.78 is 15.9. The minimum atomic E-state index is -0.156. The minimum Gasteiger partial charge on any atom is -0.494 e. The fourth-order valence-electron chi connectivity index (χ4n) is 3.22. The zero-order valence-electron chi connectivity index (χ0n) is 15.3. The Labute approximate surface area is 153 Å². The van der Waals surface area contributed by atoms with E-state index in [-0.39, 0.29) is 11.9 Å². The van der Waals surface area contributed by atoms with E-state index in [2.05, 4.69) is 10.1 Å². The predicted octanol–water partition coefficient (Wildman–Crippen LogP) is 2.91. The molecule has 1 amide bonds. The second kappa shape index (κ2) is 8.80. The Hall–Kier alpha value is -2.41. The number of nitrogens with zero attached hydrogens (tertiary/aromatic N) is 3. The molecule has 1 aliphatic heterocycles. The van der Waals surface area contributed by atoms with E-state index in [0.717, 1.165) is 30.6 Å². The van der Waals surface area contributed by atoms with Crippen molar-refractivity contribution in [1.29, 1.82) is 0 Å². The van der Waals surface area contributed by atoms with Crippen molar-refractivity contribution < 1.29 is 18.8 Å². The van der Waals surface area contributed by atoms with Crippen LogP contribution in [0.2, 0.25) is 0 Å². The van der Waals surface area contributed by atoms with Gasteiger partial charge in [0.15, 0.2) is 5.82 Å². The highest BCUT2D eigenvalue weighted by atomic mass is 16.5. The number of rotatable bonds is 7. The van der Waals surface area contributed by atoms with Gasteiger partial charge in [0.25, 0.3) is 0 Å². The molecule has 26 heavy (non-hydrogen) atoms. The number of ether oxygens (including phenoxy) is 2. The largest absolute Gasteiger partial charge is 0.494 e. The van der Waals surface area contributed by atoms with Crippen LogP contribution >= 0.6 is 0 Å². The summed E-state index contributed by atoms with van der Waals surface area (Å²) in [5.74, 6) is 1.89. The Morgan fingerprint density at radius 3 is 2.85 bits per heavy atom. The van der Waals surface area contributed by atoms with E-state index < -0.39 is 0 Å². The van der Waals surface area contributed by atoms with Crippen molar-refractivity contribution in [2.24, 2.45) is 0 Å². The first-order valence-electron chi connectivity index (χ1n) is 9.04. The SMILES string of the molecule is CCOc1ccc(CC(=O)N2CCCC[C@H]2c2nc(COC)no2)cc1. The Morgan fingerprint density at radius 2 is 2.12 bits per heavy atom. The van der Waals surface area contributed by atoms with E-state index in [1.807, 2.05) is 36.1 Å². The van der Waals surface area contributed by atoms with Gasteiger partial charge in [0, 0.05) is 13.7 Å². The Balaban J connectivity index is 1.68. The van der Waals surface area contributed by atoms with Crippen LogP contribution in [0.5, 0.6) is 5.75 Å². The number of likely N-dealkylation sites (tertiary alicyclic amines) is 1. The van der Waals surface area contributed by atoms with Gasteiger partial charge in [0.05, 0.1) is 13.0 Å². The number of aromatic nitrogens is 2. The van der Waals surface area contributed by atoms with E-state index in [0.29, 0.717) is 37.9 Å². The molecule has 1 aliphatic rings.